The van der Waals surface area contributed by atoms with Crippen molar-refractivity contribution in [1.29, 1.82) is 0 Å². The summed E-state index contributed by atoms with van der Waals surface area (Å²) in [5.74, 6) is 0.773. The summed E-state index contributed by atoms with van der Waals surface area (Å²) in [6.07, 6.45) is 3.88. The summed E-state index contributed by atoms with van der Waals surface area (Å²) in [5.41, 5.74) is 0.970. The van der Waals surface area contributed by atoms with Gasteiger partial charge in [-0.25, -0.2) is 9.97 Å². The zero-order valence-electron chi connectivity index (χ0n) is 10.8. The molecule has 2 rings (SSSR count). The molecule has 18 heavy (non-hydrogen) atoms. The van der Waals surface area contributed by atoms with Gasteiger partial charge < -0.3 is 10.4 Å². The van der Waals surface area contributed by atoms with Crippen LogP contribution in [0.25, 0.3) is 0 Å². The van der Waals surface area contributed by atoms with Gasteiger partial charge in [-0.05, 0) is 24.7 Å². The fraction of sp³-hybridized carbons (Fsp3) is 0.615. The van der Waals surface area contributed by atoms with Crippen LogP contribution < -0.4 is 5.32 Å². The third-order valence-electron chi connectivity index (χ3n) is 3.20. The lowest BCUT2D eigenvalue weighted by atomic mass is 10.1. The highest BCUT2D eigenvalue weighted by Crippen LogP contribution is 2.35. The lowest BCUT2D eigenvalue weighted by Crippen LogP contribution is -2.26. The number of hydrogen-bond acceptors (Lipinski definition) is 4. The van der Waals surface area contributed by atoms with E-state index >= 15 is 0 Å². The molecule has 1 aromatic heterocycles. The lowest BCUT2D eigenvalue weighted by molar-refractivity contribution is -0.137. The van der Waals surface area contributed by atoms with E-state index in [9.17, 15) is 4.79 Å². The normalized spacial score (nSPS) is 16.6. The average Bonchev–Trinajstić information content (AvgIpc) is 3.11. The molecular formula is C13H19N3O2. The van der Waals surface area contributed by atoms with Gasteiger partial charge in [0.1, 0.15) is 12.1 Å². The summed E-state index contributed by atoms with van der Waals surface area (Å²) < 4.78 is 0. The van der Waals surface area contributed by atoms with Crippen molar-refractivity contribution < 1.29 is 9.90 Å². The number of nitrogens with zero attached hydrogens (tertiary/aromatic N) is 2. The van der Waals surface area contributed by atoms with E-state index in [0.29, 0.717) is 11.8 Å². The van der Waals surface area contributed by atoms with Gasteiger partial charge in [-0.2, -0.15) is 0 Å². The standard InChI is InChI=1S/C13H19N3O2/c1-8(2)10-5-12(15-7-14-10)16-11(6-13(17)18)9-3-4-9/h5,7-9,11H,3-4,6H2,1-2H3,(H,17,18)(H,14,15,16). The van der Waals surface area contributed by atoms with Gasteiger partial charge in [0, 0.05) is 17.8 Å². The topological polar surface area (TPSA) is 75.1 Å². The molecule has 1 aromatic rings. The monoisotopic (exact) mass is 249 g/mol. The number of hydrogen-bond donors (Lipinski definition) is 2. The summed E-state index contributed by atoms with van der Waals surface area (Å²) >= 11 is 0. The zero-order chi connectivity index (χ0) is 13.1. The predicted molar refractivity (Wildman–Crippen MR) is 68.5 cm³/mol. The molecule has 0 aliphatic heterocycles. The Morgan fingerprint density at radius 3 is 2.78 bits per heavy atom. The number of aliphatic carboxylic acids is 1. The van der Waals surface area contributed by atoms with E-state index in [4.69, 9.17) is 5.11 Å². The van der Waals surface area contributed by atoms with Gasteiger partial charge >= 0.3 is 5.97 Å². The van der Waals surface area contributed by atoms with Gasteiger partial charge in [-0.1, -0.05) is 13.8 Å². The molecule has 1 saturated carbocycles. The van der Waals surface area contributed by atoms with Gasteiger partial charge in [0.05, 0.1) is 6.42 Å². The Labute approximate surface area is 107 Å². The highest BCUT2D eigenvalue weighted by atomic mass is 16.4. The van der Waals surface area contributed by atoms with Crippen LogP contribution in [0.1, 0.15) is 44.7 Å². The van der Waals surface area contributed by atoms with Gasteiger partial charge in [0.2, 0.25) is 0 Å². The molecule has 0 spiro atoms. The first-order valence-corrected chi connectivity index (χ1v) is 6.36. The van der Waals surface area contributed by atoms with Crippen molar-refractivity contribution >= 4 is 11.8 Å². The second-order valence-corrected chi connectivity index (χ2v) is 5.17. The maximum absolute atomic E-state index is 10.8. The number of carbonyl (C=O) groups is 1. The Morgan fingerprint density at radius 2 is 2.22 bits per heavy atom. The van der Waals surface area contributed by atoms with Crippen LogP contribution in [0.3, 0.4) is 0 Å². The molecule has 0 amide bonds. The first-order chi connectivity index (χ1) is 8.56. The van der Waals surface area contributed by atoms with E-state index in [-0.39, 0.29) is 12.5 Å². The number of anilines is 1. The first kappa shape index (κ1) is 12.8. The van der Waals surface area contributed by atoms with E-state index < -0.39 is 5.97 Å². The molecule has 98 valence electrons. The van der Waals surface area contributed by atoms with Crippen LogP contribution in [0.5, 0.6) is 0 Å². The fourth-order valence-corrected chi connectivity index (χ4v) is 1.98. The SMILES string of the molecule is CC(C)c1cc(NC(CC(=O)O)C2CC2)ncn1. The van der Waals surface area contributed by atoms with E-state index in [0.717, 1.165) is 24.4 Å². The van der Waals surface area contributed by atoms with Crippen molar-refractivity contribution in [3.8, 4) is 0 Å². The van der Waals surface area contributed by atoms with Crippen LogP contribution >= 0.6 is 0 Å². The molecule has 1 aliphatic rings. The molecule has 1 fully saturated rings. The number of aromatic nitrogens is 2. The maximum atomic E-state index is 10.8. The summed E-state index contributed by atoms with van der Waals surface area (Å²) in [4.78, 5) is 19.2. The number of carboxylic acids is 1. The second-order valence-electron chi connectivity index (χ2n) is 5.17. The van der Waals surface area contributed by atoms with Gasteiger partial charge in [-0.3, -0.25) is 4.79 Å². The molecule has 1 aliphatic carbocycles. The third-order valence-corrected chi connectivity index (χ3v) is 3.20. The highest BCUT2D eigenvalue weighted by Gasteiger charge is 2.32. The van der Waals surface area contributed by atoms with Crippen LogP contribution in [0.4, 0.5) is 5.82 Å². The molecule has 2 N–H and O–H groups in total. The minimum atomic E-state index is -0.766. The molecule has 0 aromatic carbocycles. The molecule has 0 bridgehead atoms. The van der Waals surface area contributed by atoms with E-state index in [1.807, 2.05) is 6.07 Å². The van der Waals surface area contributed by atoms with Crippen molar-refractivity contribution in [2.24, 2.45) is 5.92 Å². The van der Waals surface area contributed by atoms with Crippen LogP contribution in [-0.4, -0.2) is 27.1 Å². The Hall–Kier alpha value is -1.65. The van der Waals surface area contributed by atoms with Crippen LogP contribution in [0.2, 0.25) is 0 Å². The minimum absolute atomic E-state index is 0.0163. The molecule has 5 nitrogen and oxygen atoms in total. The number of carboxylic acid groups (broad SMARTS) is 1. The van der Waals surface area contributed by atoms with Gasteiger partial charge in [-0.15, -0.1) is 0 Å². The Balaban J connectivity index is 2.06. The van der Waals surface area contributed by atoms with Crippen molar-refractivity contribution in [3.63, 3.8) is 0 Å². The molecule has 0 saturated heterocycles. The smallest absolute Gasteiger partial charge is 0.305 e. The number of rotatable bonds is 6. The molecule has 1 atom stereocenters. The van der Waals surface area contributed by atoms with Crippen molar-refractivity contribution in [2.45, 2.75) is 45.1 Å². The van der Waals surface area contributed by atoms with E-state index in [2.05, 4.69) is 29.1 Å². The van der Waals surface area contributed by atoms with Crippen LogP contribution in [-0.2, 0) is 4.79 Å². The summed E-state index contributed by atoms with van der Waals surface area (Å²) in [5, 5.41) is 12.1. The number of nitrogens with one attached hydrogen (secondary N) is 1. The van der Waals surface area contributed by atoms with Crippen molar-refractivity contribution in [2.75, 3.05) is 5.32 Å². The fourth-order valence-electron chi connectivity index (χ4n) is 1.98. The van der Waals surface area contributed by atoms with Crippen molar-refractivity contribution in [1.82, 2.24) is 9.97 Å². The molecule has 1 heterocycles. The zero-order valence-corrected chi connectivity index (χ0v) is 10.8. The Morgan fingerprint density at radius 1 is 1.50 bits per heavy atom. The van der Waals surface area contributed by atoms with Crippen LogP contribution in [0, 0.1) is 5.92 Å². The maximum Gasteiger partial charge on any atom is 0.305 e. The van der Waals surface area contributed by atoms with Crippen molar-refractivity contribution in [3.05, 3.63) is 18.1 Å². The lowest BCUT2D eigenvalue weighted by Gasteiger charge is -2.17. The van der Waals surface area contributed by atoms with Gasteiger partial charge in [0.15, 0.2) is 0 Å². The molecule has 1 unspecified atom stereocenters. The first-order valence-electron chi connectivity index (χ1n) is 6.36. The quantitative estimate of drug-likeness (QED) is 0.808. The third kappa shape index (κ3) is 3.42. The largest absolute Gasteiger partial charge is 0.481 e. The van der Waals surface area contributed by atoms with E-state index in [1.165, 1.54) is 6.33 Å². The van der Waals surface area contributed by atoms with Crippen LogP contribution in [0.15, 0.2) is 12.4 Å². The molecular weight excluding hydrogens is 230 g/mol. The van der Waals surface area contributed by atoms with E-state index in [1.54, 1.807) is 0 Å². The highest BCUT2D eigenvalue weighted by molar-refractivity contribution is 5.68. The Bertz CT molecular complexity index is 430. The molecule has 0 radical (unpaired) electrons. The average molecular weight is 249 g/mol. The minimum Gasteiger partial charge on any atom is -0.481 e. The summed E-state index contributed by atoms with van der Waals surface area (Å²) in [6.45, 7) is 4.14. The summed E-state index contributed by atoms with van der Waals surface area (Å²) in [6, 6.07) is 1.89. The van der Waals surface area contributed by atoms with Gasteiger partial charge in [0.25, 0.3) is 0 Å². The summed E-state index contributed by atoms with van der Waals surface area (Å²) in [7, 11) is 0. The molecule has 5 heteroatoms. The predicted octanol–water partition coefficient (Wildman–Crippen LogP) is 2.27. The Kier molecular flexibility index (Phi) is 3.79. The second kappa shape index (κ2) is 5.33.